The highest BCUT2D eigenvalue weighted by molar-refractivity contribution is 7.89. The van der Waals surface area contributed by atoms with Gasteiger partial charge in [-0.05, 0) is 61.7 Å². The van der Waals surface area contributed by atoms with Crippen LogP contribution in [0.25, 0.3) is 0 Å². The molecule has 1 heterocycles. The molecule has 0 atom stereocenters. The first-order chi connectivity index (χ1) is 12.8. The molecule has 1 aliphatic rings. The minimum Gasteiger partial charge on any atom is -0.371 e. The summed E-state index contributed by atoms with van der Waals surface area (Å²) in [4.78, 5) is 15.1. The van der Waals surface area contributed by atoms with Crippen molar-refractivity contribution in [3.05, 3.63) is 53.6 Å². The van der Waals surface area contributed by atoms with Gasteiger partial charge in [0.25, 0.3) is 5.91 Å². The second kappa shape index (κ2) is 7.70. The van der Waals surface area contributed by atoms with E-state index in [4.69, 9.17) is 0 Å². The van der Waals surface area contributed by atoms with Crippen molar-refractivity contribution in [2.45, 2.75) is 24.7 Å². The first-order valence-corrected chi connectivity index (χ1v) is 10.4. The van der Waals surface area contributed by atoms with Crippen LogP contribution in [0.1, 0.15) is 28.8 Å². The number of carbonyl (C=O) groups is 1. The number of nitrogens with zero attached hydrogens (tertiary/aromatic N) is 2. The summed E-state index contributed by atoms with van der Waals surface area (Å²) in [5.41, 5.74) is 3.28. The van der Waals surface area contributed by atoms with E-state index >= 15 is 0 Å². The van der Waals surface area contributed by atoms with Crippen LogP contribution < -0.4 is 10.2 Å². The lowest BCUT2D eigenvalue weighted by molar-refractivity contribution is 0.102. The van der Waals surface area contributed by atoms with E-state index in [1.54, 1.807) is 0 Å². The van der Waals surface area contributed by atoms with E-state index in [0.29, 0.717) is 5.56 Å². The maximum atomic E-state index is 12.6. The molecule has 1 fully saturated rings. The summed E-state index contributed by atoms with van der Waals surface area (Å²) in [7, 11) is -0.547. The molecule has 3 rings (SSSR count). The third-order valence-corrected chi connectivity index (χ3v) is 6.66. The summed E-state index contributed by atoms with van der Waals surface area (Å²) in [6.45, 7) is 4.03. The van der Waals surface area contributed by atoms with E-state index in [-0.39, 0.29) is 10.8 Å². The normalized spacial score (nSPS) is 14.6. The molecule has 2 aromatic rings. The Balaban J connectivity index is 1.78. The lowest BCUT2D eigenvalue weighted by atomic mass is 10.1. The van der Waals surface area contributed by atoms with E-state index in [0.717, 1.165) is 34.3 Å². The molecule has 0 spiro atoms. The molecule has 1 N–H and O–H groups in total. The van der Waals surface area contributed by atoms with E-state index in [2.05, 4.69) is 16.3 Å². The highest BCUT2D eigenvalue weighted by Gasteiger charge is 2.18. The molecule has 1 saturated heterocycles. The Labute approximate surface area is 160 Å². The fraction of sp³-hybridized carbons (Fsp3) is 0.350. The lowest BCUT2D eigenvalue weighted by Gasteiger charge is -2.19. The number of aryl methyl sites for hydroxylation is 1. The Hall–Kier alpha value is -2.38. The average molecular weight is 388 g/mol. The summed E-state index contributed by atoms with van der Waals surface area (Å²) >= 11 is 0. The number of amides is 1. The Kier molecular flexibility index (Phi) is 5.53. The van der Waals surface area contributed by atoms with Gasteiger partial charge in [-0.15, -0.1) is 0 Å². The van der Waals surface area contributed by atoms with Crippen LogP contribution >= 0.6 is 0 Å². The van der Waals surface area contributed by atoms with Gasteiger partial charge in [-0.3, -0.25) is 4.79 Å². The molecule has 0 radical (unpaired) electrons. The third-order valence-electron chi connectivity index (χ3n) is 4.84. The number of sulfonamides is 1. The molecule has 1 aliphatic heterocycles. The van der Waals surface area contributed by atoms with Crippen molar-refractivity contribution < 1.29 is 13.2 Å². The van der Waals surface area contributed by atoms with Crippen molar-refractivity contribution in [1.82, 2.24) is 4.31 Å². The van der Waals surface area contributed by atoms with Gasteiger partial charge in [0.1, 0.15) is 0 Å². The van der Waals surface area contributed by atoms with Crippen molar-refractivity contribution in [2.75, 3.05) is 37.4 Å². The van der Waals surface area contributed by atoms with E-state index in [1.165, 1.54) is 51.2 Å². The molecule has 1 amide bonds. The van der Waals surface area contributed by atoms with Gasteiger partial charge < -0.3 is 10.2 Å². The number of benzene rings is 2. The zero-order valence-electron chi connectivity index (χ0n) is 15.9. The molecule has 2 aromatic carbocycles. The topological polar surface area (TPSA) is 69.7 Å². The molecule has 144 valence electrons. The van der Waals surface area contributed by atoms with Gasteiger partial charge in [0.2, 0.25) is 10.0 Å². The van der Waals surface area contributed by atoms with Crippen LogP contribution in [-0.4, -0.2) is 45.8 Å². The zero-order chi connectivity index (χ0) is 19.6. The molecule has 27 heavy (non-hydrogen) atoms. The summed E-state index contributed by atoms with van der Waals surface area (Å²) in [5, 5.41) is 2.95. The molecule has 0 unspecified atom stereocenters. The summed E-state index contributed by atoms with van der Waals surface area (Å²) in [6.07, 6.45) is 2.38. The molecule has 7 heteroatoms. The smallest absolute Gasteiger partial charge is 0.255 e. The van der Waals surface area contributed by atoms with Gasteiger partial charge in [-0.1, -0.05) is 6.07 Å². The Morgan fingerprint density at radius 1 is 1.04 bits per heavy atom. The van der Waals surface area contributed by atoms with Crippen LogP contribution in [0.2, 0.25) is 0 Å². The highest BCUT2D eigenvalue weighted by Crippen LogP contribution is 2.26. The van der Waals surface area contributed by atoms with Crippen molar-refractivity contribution in [3.8, 4) is 0 Å². The van der Waals surface area contributed by atoms with Crippen LogP contribution in [0.4, 0.5) is 11.4 Å². The molecular weight excluding hydrogens is 362 g/mol. The maximum absolute atomic E-state index is 12.6. The Morgan fingerprint density at radius 2 is 1.67 bits per heavy atom. The Bertz CT molecular complexity index is 931. The van der Waals surface area contributed by atoms with Crippen molar-refractivity contribution in [3.63, 3.8) is 0 Å². The zero-order valence-corrected chi connectivity index (χ0v) is 16.7. The predicted octanol–water partition coefficient (Wildman–Crippen LogP) is 3.10. The quantitative estimate of drug-likeness (QED) is 0.856. The predicted molar refractivity (Wildman–Crippen MR) is 108 cm³/mol. The minimum atomic E-state index is -3.50. The van der Waals surface area contributed by atoms with Crippen LogP contribution in [0.5, 0.6) is 0 Å². The maximum Gasteiger partial charge on any atom is 0.255 e. The number of nitrogens with one attached hydrogen (secondary N) is 1. The van der Waals surface area contributed by atoms with Gasteiger partial charge in [0, 0.05) is 44.1 Å². The van der Waals surface area contributed by atoms with Gasteiger partial charge in [0.15, 0.2) is 0 Å². The molecule has 0 saturated carbocycles. The minimum absolute atomic E-state index is 0.163. The fourth-order valence-corrected chi connectivity index (χ4v) is 4.00. The number of rotatable bonds is 5. The standard InChI is InChI=1S/C20H25N3O3S/c1-15-6-9-17(23-12-4-5-13-23)14-19(15)21-20(24)16-7-10-18(11-8-16)27(25,26)22(2)3/h6-11,14H,4-5,12-13H2,1-3H3,(H,21,24). The van der Waals surface area contributed by atoms with Gasteiger partial charge in [-0.25, -0.2) is 12.7 Å². The van der Waals surface area contributed by atoms with Gasteiger partial charge in [0.05, 0.1) is 4.90 Å². The third kappa shape index (κ3) is 4.14. The van der Waals surface area contributed by atoms with Crippen LogP contribution in [0, 0.1) is 6.92 Å². The van der Waals surface area contributed by atoms with Crippen molar-refractivity contribution >= 4 is 27.3 Å². The van der Waals surface area contributed by atoms with Crippen LogP contribution in [0.3, 0.4) is 0 Å². The second-order valence-corrected chi connectivity index (χ2v) is 9.11. The van der Waals surface area contributed by atoms with E-state index in [9.17, 15) is 13.2 Å². The van der Waals surface area contributed by atoms with E-state index in [1.807, 2.05) is 19.1 Å². The van der Waals surface area contributed by atoms with Gasteiger partial charge in [-0.2, -0.15) is 0 Å². The van der Waals surface area contributed by atoms with Crippen LogP contribution in [-0.2, 0) is 10.0 Å². The lowest BCUT2D eigenvalue weighted by Crippen LogP contribution is -2.22. The van der Waals surface area contributed by atoms with Gasteiger partial charge >= 0.3 is 0 Å². The SMILES string of the molecule is Cc1ccc(N2CCCC2)cc1NC(=O)c1ccc(S(=O)(=O)N(C)C)cc1. The molecule has 0 bridgehead atoms. The molecule has 0 aromatic heterocycles. The number of hydrogen-bond donors (Lipinski definition) is 1. The summed E-state index contributed by atoms with van der Waals surface area (Å²) in [5.74, 6) is -0.259. The summed E-state index contributed by atoms with van der Waals surface area (Å²) < 4.78 is 25.4. The van der Waals surface area contributed by atoms with Crippen molar-refractivity contribution in [2.24, 2.45) is 0 Å². The van der Waals surface area contributed by atoms with E-state index < -0.39 is 10.0 Å². The average Bonchev–Trinajstić information content (AvgIpc) is 3.18. The second-order valence-electron chi connectivity index (χ2n) is 6.96. The first kappa shape index (κ1) is 19.4. The fourth-order valence-electron chi connectivity index (χ4n) is 3.10. The largest absolute Gasteiger partial charge is 0.371 e. The number of hydrogen-bond acceptors (Lipinski definition) is 4. The molecular formula is C20H25N3O3S. The number of carbonyl (C=O) groups excluding carboxylic acids is 1. The Morgan fingerprint density at radius 3 is 2.26 bits per heavy atom. The molecule has 0 aliphatic carbocycles. The number of anilines is 2. The van der Waals surface area contributed by atoms with Crippen molar-refractivity contribution in [1.29, 1.82) is 0 Å². The summed E-state index contributed by atoms with van der Waals surface area (Å²) in [6, 6.07) is 12.1. The monoisotopic (exact) mass is 387 g/mol. The molecule has 6 nitrogen and oxygen atoms in total. The van der Waals surface area contributed by atoms with Crippen LogP contribution in [0.15, 0.2) is 47.4 Å². The first-order valence-electron chi connectivity index (χ1n) is 8.98. The highest BCUT2D eigenvalue weighted by atomic mass is 32.2.